The smallest absolute Gasteiger partial charge is 0.238 e. The lowest BCUT2D eigenvalue weighted by Crippen LogP contribution is -2.41. The Kier molecular flexibility index (Phi) is 10.6. The van der Waals surface area contributed by atoms with Gasteiger partial charge in [-0.3, -0.25) is 20.4 Å². The van der Waals surface area contributed by atoms with Gasteiger partial charge in [-0.05, 0) is 72.9 Å². The third kappa shape index (κ3) is 8.61. The summed E-state index contributed by atoms with van der Waals surface area (Å²) in [7, 11) is 0. The molecule has 2 aromatic rings. The summed E-state index contributed by atoms with van der Waals surface area (Å²) in [4.78, 5) is 24.2. The molecule has 0 spiro atoms. The highest BCUT2D eigenvalue weighted by Gasteiger charge is 2.09. The van der Waals surface area contributed by atoms with Crippen LogP contribution in [0.5, 0.6) is 11.5 Å². The molecule has 4 N–H and O–H groups in total. The molecule has 0 radical (unpaired) electrons. The number of nitrogens with one attached hydrogen (secondary N) is 2. The number of hydrogen-bond acceptors (Lipinski definition) is 4. The van der Waals surface area contributed by atoms with Crippen LogP contribution in [-0.4, -0.2) is 22.0 Å². The number of carbonyl (C=O) groups is 2. The molecule has 0 bridgehead atoms. The molecule has 2 rings (SSSR count). The standard InChI is InChI=1S/C26H36N2O4/c1-3-5-7-21-17-19(9-13-23(21)29)11-15-25(31)27-28-26(32)16-12-20-10-14-24(30)22(18-20)8-6-4-2/h9-10,13-14,17-18,29-30H,3-8,11-12,15-16H2,1-2H3,(H,27,31)(H,28,32). The molecular weight excluding hydrogens is 404 g/mol. The summed E-state index contributed by atoms with van der Waals surface area (Å²) in [5.74, 6) is 0.0797. The summed E-state index contributed by atoms with van der Waals surface area (Å²) in [6.07, 6.45) is 7.33. The first kappa shape index (κ1) is 25.2. The first-order valence-corrected chi connectivity index (χ1v) is 11.6. The van der Waals surface area contributed by atoms with Crippen LogP contribution >= 0.6 is 0 Å². The molecule has 2 aromatic carbocycles. The van der Waals surface area contributed by atoms with E-state index in [2.05, 4.69) is 24.7 Å². The van der Waals surface area contributed by atoms with E-state index in [1.165, 1.54) is 0 Å². The Bertz CT molecular complexity index is 822. The zero-order chi connectivity index (χ0) is 23.3. The Balaban J connectivity index is 1.73. The van der Waals surface area contributed by atoms with Gasteiger partial charge >= 0.3 is 0 Å². The summed E-state index contributed by atoms with van der Waals surface area (Å²) in [5, 5.41) is 19.9. The number of aryl methyl sites for hydroxylation is 4. The number of benzene rings is 2. The van der Waals surface area contributed by atoms with Gasteiger partial charge in [0.15, 0.2) is 0 Å². The second kappa shape index (κ2) is 13.4. The van der Waals surface area contributed by atoms with E-state index < -0.39 is 0 Å². The van der Waals surface area contributed by atoms with Gasteiger partial charge in [0.05, 0.1) is 0 Å². The molecule has 0 aliphatic rings. The Morgan fingerprint density at radius 2 is 1.09 bits per heavy atom. The minimum atomic E-state index is -0.256. The lowest BCUT2D eigenvalue weighted by atomic mass is 10.0. The highest BCUT2D eigenvalue weighted by Crippen LogP contribution is 2.22. The highest BCUT2D eigenvalue weighted by atomic mass is 16.3. The number of hydrogen-bond donors (Lipinski definition) is 4. The maximum absolute atomic E-state index is 12.1. The molecule has 32 heavy (non-hydrogen) atoms. The molecule has 2 amide bonds. The minimum Gasteiger partial charge on any atom is -0.508 e. The van der Waals surface area contributed by atoms with Crippen LogP contribution < -0.4 is 10.9 Å². The number of phenolic OH excluding ortho intramolecular Hbond substituents is 2. The van der Waals surface area contributed by atoms with Crippen molar-refractivity contribution < 1.29 is 19.8 Å². The first-order chi connectivity index (χ1) is 15.4. The highest BCUT2D eigenvalue weighted by molar-refractivity contribution is 5.82. The van der Waals surface area contributed by atoms with Crippen molar-refractivity contribution in [2.75, 3.05) is 0 Å². The summed E-state index contributed by atoms with van der Waals surface area (Å²) in [6, 6.07) is 10.9. The molecule has 0 aliphatic heterocycles. The van der Waals surface area contributed by atoms with E-state index in [0.717, 1.165) is 60.8 Å². The third-order valence-corrected chi connectivity index (χ3v) is 5.51. The van der Waals surface area contributed by atoms with Gasteiger partial charge in [0, 0.05) is 12.8 Å². The van der Waals surface area contributed by atoms with Gasteiger partial charge in [-0.25, -0.2) is 0 Å². The number of aromatic hydroxyl groups is 2. The number of unbranched alkanes of at least 4 members (excludes halogenated alkanes) is 2. The van der Waals surface area contributed by atoms with E-state index in [0.29, 0.717) is 24.3 Å². The maximum Gasteiger partial charge on any atom is 0.238 e. The van der Waals surface area contributed by atoms with Crippen molar-refractivity contribution in [1.29, 1.82) is 0 Å². The fourth-order valence-electron chi connectivity index (χ4n) is 3.50. The average Bonchev–Trinajstić information content (AvgIpc) is 2.79. The SMILES string of the molecule is CCCCc1cc(CCC(=O)NNC(=O)CCc2ccc(O)c(CCCC)c2)ccc1O. The van der Waals surface area contributed by atoms with Gasteiger partial charge in [-0.15, -0.1) is 0 Å². The molecule has 0 saturated carbocycles. The van der Waals surface area contributed by atoms with Crippen LogP contribution in [0.15, 0.2) is 36.4 Å². The van der Waals surface area contributed by atoms with Crippen molar-refractivity contribution in [3.8, 4) is 11.5 Å². The molecule has 0 unspecified atom stereocenters. The van der Waals surface area contributed by atoms with E-state index in [4.69, 9.17) is 0 Å². The lowest BCUT2D eigenvalue weighted by molar-refractivity contribution is -0.128. The normalized spacial score (nSPS) is 10.7. The van der Waals surface area contributed by atoms with Crippen LogP contribution in [0.4, 0.5) is 0 Å². The van der Waals surface area contributed by atoms with Gasteiger partial charge in [-0.1, -0.05) is 51.0 Å². The Morgan fingerprint density at radius 1 is 0.688 bits per heavy atom. The fourth-order valence-corrected chi connectivity index (χ4v) is 3.50. The predicted octanol–water partition coefficient (Wildman–Crippen LogP) is 4.50. The van der Waals surface area contributed by atoms with Gasteiger partial charge in [-0.2, -0.15) is 0 Å². The second-order valence-corrected chi connectivity index (χ2v) is 8.23. The molecule has 0 aliphatic carbocycles. The number of carbonyl (C=O) groups excluding carboxylic acids is 2. The summed E-state index contributed by atoms with van der Waals surface area (Å²) >= 11 is 0. The molecule has 6 heteroatoms. The van der Waals surface area contributed by atoms with Crippen LogP contribution in [0, 0.1) is 0 Å². The van der Waals surface area contributed by atoms with Crippen LogP contribution in [0.3, 0.4) is 0 Å². The van der Waals surface area contributed by atoms with Crippen LogP contribution in [-0.2, 0) is 35.3 Å². The lowest BCUT2D eigenvalue weighted by Gasteiger charge is -2.10. The summed E-state index contributed by atoms with van der Waals surface area (Å²) in [6.45, 7) is 4.21. The number of rotatable bonds is 12. The molecule has 0 saturated heterocycles. The zero-order valence-corrected chi connectivity index (χ0v) is 19.2. The Morgan fingerprint density at radius 3 is 1.47 bits per heavy atom. The van der Waals surface area contributed by atoms with E-state index in [1.807, 2.05) is 24.3 Å². The van der Waals surface area contributed by atoms with Crippen LogP contribution in [0.1, 0.15) is 74.6 Å². The third-order valence-electron chi connectivity index (χ3n) is 5.51. The maximum atomic E-state index is 12.1. The van der Waals surface area contributed by atoms with E-state index in [9.17, 15) is 19.8 Å². The Labute approximate surface area is 191 Å². The van der Waals surface area contributed by atoms with E-state index >= 15 is 0 Å². The predicted molar refractivity (Wildman–Crippen MR) is 126 cm³/mol. The van der Waals surface area contributed by atoms with Crippen molar-refractivity contribution >= 4 is 11.8 Å². The first-order valence-electron chi connectivity index (χ1n) is 11.6. The van der Waals surface area contributed by atoms with E-state index in [-0.39, 0.29) is 24.7 Å². The largest absolute Gasteiger partial charge is 0.508 e. The number of amides is 2. The average molecular weight is 441 g/mol. The summed E-state index contributed by atoms with van der Waals surface area (Å²) in [5.41, 5.74) is 8.73. The van der Waals surface area contributed by atoms with Crippen molar-refractivity contribution in [1.82, 2.24) is 10.9 Å². The van der Waals surface area contributed by atoms with Gasteiger partial charge in [0.1, 0.15) is 11.5 Å². The molecular formula is C26H36N2O4. The molecule has 0 fully saturated rings. The second-order valence-electron chi connectivity index (χ2n) is 8.23. The number of hydrazine groups is 1. The quantitative estimate of drug-likeness (QED) is 0.365. The monoisotopic (exact) mass is 440 g/mol. The Hall–Kier alpha value is -3.02. The molecule has 6 nitrogen and oxygen atoms in total. The molecule has 0 heterocycles. The zero-order valence-electron chi connectivity index (χ0n) is 19.2. The fraction of sp³-hybridized carbons (Fsp3) is 0.462. The van der Waals surface area contributed by atoms with Gasteiger partial charge < -0.3 is 10.2 Å². The minimum absolute atomic E-state index is 0.247. The van der Waals surface area contributed by atoms with Gasteiger partial charge in [0.2, 0.25) is 11.8 Å². The van der Waals surface area contributed by atoms with Crippen molar-refractivity contribution in [2.45, 2.75) is 78.1 Å². The summed E-state index contributed by atoms with van der Waals surface area (Å²) < 4.78 is 0. The molecule has 0 atom stereocenters. The molecule has 174 valence electrons. The van der Waals surface area contributed by atoms with Crippen molar-refractivity contribution in [2.24, 2.45) is 0 Å². The topological polar surface area (TPSA) is 98.7 Å². The van der Waals surface area contributed by atoms with Crippen molar-refractivity contribution in [3.63, 3.8) is 0 Å². The van der Waals surface area contributed by atoms with Crippen molar-refractivity contribution in [3.05, 3.63) is 58.7 Å². The van der Waals surface area contributed by atoms with Crippen LogP contribution in [0.2, 0.25) is 0 Å². The molecule has 0 aromatic heterocycles. The van der Waals surface area contributed by atoms with E-state index in [1.54, 1.807) is 12.1 Å². The van der Waals surface area contributed by atoms with Crippen LogP contribution in [0.25, 0.3) is 0 Å². The number of phenols is 2. The van der Waals surface area contributed by atoms with Gasteiger partial charge in [0.25, 0.3) is 0 Å².